The van der Waals surface area contributed by atoms with E-state index >= 15 is 0 Å². The molecule has 7 rings (SSSR count). The first kappa shape index (κ1) is 38.4. The molecule has 55 heavy (non-hydrogen) atoms. The number of rotatable bonds is 14. The molecular weight excluding hydrogens is 708 g/mol. The van der Waals surface area contributed by atoms with Crippen LogP contribution < -0.4 is 5.32 Å². The highest BCUT2D eigenvalue weighted by Gasteiger charge is 2.64. The van der Waals surface area contributed by atoms with E-state index in [9.17, 15) is 29.1 Å². The van der Waals surface area contributed by atoms with Crippen molar-refractivity contribution in [3.05, 3.63) is 89.0 Å². The van der Waals surface area contributed by atoms with Gasteiger partial charge in [-0.25, -0.2) is 14.4 Å². The van der Waals surface area contributed by atoms with Gasteiger partial charge in [-0.1, -0.05) is 62.4 Å². The van der Waals surface area contributed by atoms with Gasteiger partial charge in [0.1, 0.15) is 31.0 Å². The van der Waals surface area contributed by atoms with E-state index in [4.69, 9.17) is 23.7 Å². The van der Waals surface area contributed by atoms with Crippen molar-refractivity contribution in [3.8, 4) is 0 Å². The molecule has 0 unspecified atom stereocenters. The van der Waals surface area contributed by atoms with Crippen molar-refractivity contribution < 1.29 is 52.8 Å². The molecule has 5 aliphatic rings. The van der Waals surface area contributed by atoms with Crippen molar-refractivity contribution in [1.82, 2.24) is 10.2 Å². The van der Waals surface area contributed by atoms with Crippen LogP contribution in [0.3, 0.4) is 0 Å². The van der Waals surface area contributed by atoms with Crippen LogP contribution in [0, 0.1) is 17.3 Å². The number of likely N-dealkylation sites (N-methyl/N-ethyl adjacent to an activating group) is 1. The summed E-state index contributed by atoms with van der Waals surface area (Å²) in [5.41, 5.74) is 1.05. The first-order valence-electron chi connectivity index (χ1n) is 19.0. The molecule has 2 saturated heterocycles. The van der Waals surface area contributed by atoms with Crippen LogP contribution in [0.25, 0.3) is 6.08 Å². The molecule has 3 aliphatic carbocycles. The van der Waals surface area contributed by atoms with Crippen molar-refractivity contribution in [1.29, 1.82) is 0 Å². The summed E-state index contributed by atoms with van der Waals surface area (Å²) in [6.07, 6.45) is 5.12. The monoisotopic (exact) mass is 756 g/mol. The maximum absolute atomic E-state index is 14.3. The molecule has 2 heterocycles. The Bertz CT molecular complexity index is 1850. The van der Waals surface area contributed by atoms with E-state index in [0.29, 0.717) is 11.1 Å². The number of esters is 3. The van der Waals surface area contributed by atoms with Crippen LogP contribution in [-0.4, -0.2) is 103 Å². The van der Waals surface area contributed by atoms with E-state index in [1.165, 1.54) is 11.0 Å². The number of carbonyl (C=O) groups excluding carboxylic acids is 5. The number of ether oxygens (including phenoxy) is 5. The molecule has 2 N–H and O–H groups in total. The number of hydrogen-bond acceptors (Lipinski definition) is 11. The van der Waals surface area contributed by atoms with Gasteiger partial charge in [0, 0.05) is 55.3 Å². The largest absolute Gasteiger partial charge is 0.462 e. The van der Waals surface area contributed by atoms with Crippen LogP contribution in [0.1, 0.15) is 67.4 Å². The maximum atomic E-state index is 14.3. The van der Waals surface area contributed by atoms with Gasteiger partial charge in [0.15, 0.2) is 5.79 Å². The van der Waals surface area contributed by atoms with Crippen molar-refractivity contribution in [2.75, 3.05) is 26.8 Å². The topological polar surface area (TPSA) is 167 Å². The molecule has 13 heteroatoms. The SMILES string of the molecule is CN(C(=O)C1=C[C@H]2OC(C3CC3)(C3CC3)O[C@H]2[C@H](OC(=O)c2ccccc2C=CC(=O)O[C@H]2C(=O)OCC2(C)C)C1)[C@H](Cc1ccccc1)C(=O)NCCO. The highest BCUT2D eigenvalue weighted by atomic mass is 16.8. The van der Waals surface area contributed by atoms with Crippen LogP contribution in [0.15, 0.2) is 72.3 Å². The normalized spacial score (nSPS) is 25.7. The Hall–Kier alpha value is -4.85. The third kappa shape index (κ3) is 8.24. The summed E-state index contributed by atoms with van der Waals surface area (Å²) in [5.74, 6) is -3.29. The Morgan fingerprint density at radius 1 is 0.982 bits per heavy atom. The van der Waals surface area contributed by atoms with E-state index in [1.807, 2.05) is 30.3 Å². The zero-order chi connectivity index (χ0) is 38.9. The second kappa shape index (κ2) is 15.7. The fourth-order valence-electron chi connectivity index (χ4n) is 7.75. The lowest BCUT2D eigenvalue weighted by molar-refractivity contribution is -0.209. The summed E-state index contributed by atoms with van der Waals surface area (Å²) >= 11 is 0. The Balaban J connectivity index is 1.12. The number of benzene rings is 2. The molecule has 0 bridgehead atoms. The van der Waals surface area contributed by atoms with E-state index < -0.39 is 71.4 Å². The molecule has 2 saturated carbocycles. The van der Waals surface area contributed by atoms with Gasteiger partial charge in [-0.05, 0) is 55.0 Å². The van der Waals surface area contributed by atoms with Gasteiger partial charge >= 0.3 is 17.9 Å². The highest BCUT2D eigenvalue weighted by Crippen LogP contribution is 2.59. The Labute approximate surface area is 320 Å². The zero-order valence-corrected chi connectivity index (χ0v) is 31.3. The summed E-state index contributed by atoms with van der Waals surface area (Å²) in [5, 5.41) is 12.1. The van der Waals surface area contributed by atoms with Crippen LogP contribution in [-0.2, 0) is 49.3 Å². The first-order valence-corrected chi connectivity index (χ1v) is 19.0. The summed E-state index contributed by atoms with van der Waals surface area (Å²) in [7, 11) is 1.57. The van der Waals surface area contributed by atoms with E-state index in [-0.39, 0.29) is 50.0 Å². The van der Waals surface area contributed by atoms with Gasteiger partial charge in [-0.15, -0.1) is 0 Å². The molecule has 2 amide bonds. The lowest BCUT2D eigenvalue weighted by Gasteiger charge is -2.33. The molecule has 0 aromatic heterocycles. The molecule has 0 radical (unpaired) electrons. The summed E-state index contributed by atoms with van der Waals surface area (Å²) < 4.78 is 30.2. The molecule has 292 valence electrons. The van der Waals surface area contributed by atoms with E-state index in [2.05, 4.69) is 5.32 Å². The van der Waals surface area contributed by atoms with Crippen LogP contribution in [0.4, 0.5) is 0 Å². The van der Waals surface area contributed by atoms with Gasteiger partial charge in [0.05, 0.1) is 12.2 Å². The van der Waals surface area contributed by atoms with E-state index in [0.717, 1.165) is 37.3 Å². The number of aliphatic hydroxyl groups excluding tert-OH is 1. The zero-order valence-electron chi connectivity index (χ0n) is 31.3. The fraction of sp³-hybridized carbons (Fsp3) is 0.500. The Morgan fingerprint density at radius 2 is 1.67 bits per heavy atom. The third-order valence-corrected chi connectivity index (χ3v) is 11.0. The van der Waals surface area contributed by atoms with Crippen LogP contribution in [0.2, 0.25) is 0 Å². The number of nitrogens with one attached hydrogen (secondary N) is 1. The third-order valence-electron chi connectivity index (χ3n) is 11.0. The minimum absolute atomic E-state index is 0.0127. The first-order chi connectivity index (χ1) is 26.4. The lowest BCUT2D eigenvalue weighted by Crippen LogP contribution is -2.51. The summed E-state index contributed by atoms with van der Waals surface area (Å²) in [6.45, 7) is 3.46. The van der Waals surface area contributed by atoms with Gasteiger partial charge in [-0.2, -0.15) is 0 Å². The number of cyclic esters (lactones) is 1. The number of carbonyl (C=O) groups is 5. The molecule has 2 aromatic carbocycles. The average molecular weight is 757 g/mol. The van der Waals surface area contributed by atoms with Crippen LogP contribution in [0.5, 0.6) is 0 Å². The van der Waals surface area contributed by atoms with Gasteiger partial charge in [0.2, 0.25) is 17.9 Å². The second-order valence-electron chi connectivity index (χ2n) is 15.7. The lowest BCUT2D eigenvalue weighted by atomic mass is 9.90. The molecule has 0 spiro atoms. The number of amides is 2. The van der Waals surface area contributed by atoms with Gasteiger partial charge in [-0.3, -0.25) is 9.59 Å². The molecular formula is C42H48N2O11. The molecule has 2 aromatic rings. The molecule has 2 aliphatic heterocycles. The minimum atomic E-state index is -1.05. The highest BCUT2D eigenvalue weighted by molar-refractivity contribution is 5.98. The molecule has 4 fully saturated rings. The van der Waals surface area contributed by atoms with Crippen molar-refractivity contribution >= 4 is 35.8 Å². The number of fused-ring (bicyclic) bond motifs is 1. The summed E-state index contributed by atoms with van der Waals surface area (Å²) in [4.78, 5) is 68.1. The number of nitrogens with zero attached hydrogens (tertiary/aromatic N) is 1. The smallest absolute Gasteiger partial charge is 0.348 e. The fourth-order valence-corrected chi connectivity index (χ4v) is 7.75. The van der Waals surface area contributed by atoms with E-state index in [1.54, 1.807) is 51.2 Å². The Morgan fingerprint density at radius 3 is 2.33 bits per heavy atom. The van der Waals surface area contributed by atoms with Crippen LogP contribution >= 0.6 is 0 Å². The van der Waals surface area contributed by atoms with Crippen molar-refractivity contribution in [2.24, 2.45) is 17.3 Å². The Kier molecular flexibility index (Phi) is 11.0. The number of hydrogen-bond donors (Lipinski definition) is 2. The predicted octanol–water partition coefficient (Wildman–Crippen LogP) is 3.53. The second-order valence-corrected chi connectivity index (χ2v) is 15.7. The van der Waals surface area contributed by atoms with Gasteiger partial charge in [0.25, 0.3) is 0 Å². The maximum Gasteiger partial charge on any atom is 0.348 e. The molecule has 5 atom stereocenters. The molecule has 13 nitrogen and oxygen atoms in total. The van der Waals surface area contributed by atoms with Gasteiger partial charge < -0.3 is 39.0 Å². The minimum Gasteiger partial charge on any atom is -0.462 e. The van der Waals surface area contributed by atoms with Crippen molar-refractivity contribution in [3.63, 3.8) is 0 Å². The predicted molar refractivity (Wildman–Crippen MR) is 197 cm³/mol. The standard InChI is InChI=1S/C42H48N2O11/c1-41(2)24-51-40(50)36(41)53-34(46)18-13-26-11-7-8-12-30(26)39(49)52-32-22-27(23-33-35(32)55-42(54-33,28-14-15-28)29-16-17-29)38(48)44(3)31(37(47)43-19-20-45)21-25-9-5-4-6-10-25/h4-13,18,23,28-29,31-33,35-36,45H,14-17,19-22,24H2,1-3H3,(H,43,47)/t31-,32-,33-,35+,36+/m1/s1. The van der Waals surface area contributed by atoms with Crippen molar-refractivity contribution in [2.45, 2.75) is 88.6 Å². The average Bonchev–Trinajstić information content (AvgIpc) is 4.13. The quantitative estimate of drug-likeness (QED) is 0.165. The summed E-state index contributed by atoms with van der Waals surface area (Å²) in [6, 6.07) is 15.1. The number of aliphatic hydroxyl groups is 1.